The molecule has 3 rings (SSSR count). The van der Waals surface area contributed by atoms with Crippen LogP contribution in [0.5, 0.6) is 11.5 Å². The molecular weight excluding hydrogens is 374 g/mol. The first-order valence-corrected chi connectivity index (χ1v) is 11.2. The van der Waals surface area contributed by atoms with E-state index in [1.807, 2.05) is 31.2 Å². The molecule has 0 aromatic heterocycles. The number of benzene rings is 2. The van der Waals surface area contributed by atoms with E-state index < -0.39 is 10.0 Å². The first-order valence-electron chi connectivity index (χ1n) is 9.70. The molecule has 0 aliphatic carbocycles. The SMILES string of the molecule is CCC1(CC)CC(NS(=O)(=O)c2cc(C)c(OC)cc2C)c2ccccc2O1. The summed E-state index contributed by atoms with van der Waals surface area (Å²) in [4.78, 5) is 0.286. The topological polar surface area (TPSA) is 64.6 Å². The third-order valence-corrected chi connectivity index (χ3v) is 7.38. The Morgan fingerprint density at radius 1 is 1.14 bits per heavy atom. The van der Waals surface area contributed by atoms with Gasteiger partial charge >= 0.3 is 0 Å². The molecular formula is C22H29NO4S. The number of hydrogen-bond donors (Lipinski definition) is 1. The Hall–Kier alpha value is -2.05. The zero-order valence-electron chi connectivity index (χ0n) is 17.2. The van der Waals surface area contributed by atoms with Gasteiger partial charge < -0.3 is 9.47 Å². The summed E-state index contributed by atoms with van der Waals surface area (Å²) in [5.74, 6) is 1.44. The van der Waals surface area contributed by atoms with Gasteiger partial charge in [-0.05, 0) is 56.0 Å². The van der Waals surface area contributed by atoms with E-state index in [9.17, 15) is 8.42 Å². The average molecular weight is 404 g/mol. The molecule has 0 spiro atoms. The van der Waals surface area contributed by atoms with Crippen molar-refractivity contribution < 1.29 is 17.9 Å². The Labute approximate surface area is 168 Å². The third kappa shape index (κ3) is 3.76. The lowest BCUT2D eigenvalue weighted by molar-refractivity contribution is 0.0260. The number of fused-ring (bicyclic) bond motifs is 1. The first-order chi connectivity index (χ1) is 13.2. The van der Waals surface area contributed by atoms with E-state index in [0.717, 1.165) is 29.7 Å². The molecule has 0 saturated carbocycles. The van der Waals surface area contributed by atoms with Crippen molar-refractivity contribution in [3.8, 4) is 11.5 Å². The predicted octanol–water partition coefficient (Wildman–Crippen LogP) is 4.67. The molecule has 0 bridgehead atoms. The van der Waals surface area contributed by atoms with E-state index in [1.165, 1.54) is 0 Å². The lowest BCUT2D eigenvalue weighted by Crippen LogP contribution is -2.44. The van der Waals surface area contributed by atoms with Crippen LogP contribution >= 0.6 is 0 Å². The fraction of sp³-hybridized carbons (Fsp3) is 0.455. The van der Waals surface area contributed by atoms with E-state index in [-0.39, 0.29) is 16.5 Å². The minimum absolute atomic E-state index is 0.286. The largest absolute Gasteiger partial charge is 0.496 e. The summed E-state index contributed by atoms with van der Waals surface area (Å²) >= 11 is 0. The zero-order valence-corrected chi connectivity index (χ0v) is 18.0. The molecule has 0 radical (unpaired) electrons. The van der Waals surface area contributed by atoms with E-state index >= 15 is 0 Å². The van der Waals surface area contributed by atoms with Crippen molar-refractivity contribution in [2.45, 2.75) is 63.5 Å². The second kappa shape index (κ2) is 7.76. The highest BCUT2D eigenvalue weighted by Gasteiger charge is 2.40. The molecule has 6 heteroatoms. The predicted molar refractivity (Wildman–Crippen MR) is 111 cm³/mol. The maximum absolute atomic E-state index is 13.3. The van der Waals surface area contributed by atoms with Crippen LogP contribution in [0.15, 0.2) is 41.3 Å². The summed E-state index contributed by atoms with van der Waals surface area (Å²) in [6, 6.07) is 10.8. The number of methoxy groups -OCH3 is 1. The van der Waals surface area contributed by atoms with E-state index in [2.05, 4.69) is 18.6 Å². The number of sulfonamides is 1. The molecule has 0 amide bonds. The van der Waals surface area contributed by atoms with Gasteiger partial charge in [0, 0.05) is 12.0 Å². The minimum atomic E-state index is -3.71. The van der Waals surface area contributed by atoms with E-state index in [1.54, 1.807) is 26.2 Å². The molecule has 1 aliphatic rings. The Kier molecular flexibility index (Phi) is 5.73. The van der Waals surface area contributed by atoms with Crippen LogP contribution in [-0.4, -0.2) is 21.1 Å². The van der Waals surface area contributed by atoms with Gasteiger partial charge in [0.1, 0.15) is 17.1 Å². The summed E-state index contributed by atoms with van der Waals surface area (Å²) in [7, 11) is -2.12. The highest BCUT2D eigenvalue weighted by atomic mass is 32.2. The normalized spacial score (nSPS) is 18.2. The number of nitrogens with one attached hydrogen (secondary N) is 1. The minimum Gasteiger partial charge on any atom is -0.496 e. The maximum Gasteiger partial charge on any atom is 0.241 e. The molecule has 0 saturated heterocycles. The van der Waals surface area contributed by atoms with Crippen molar-refractivity contribution in [1.82, 2.24) is 4.72 Å². The van der Waals surface area contributed by atoms with E-state index in [4.69, 9.17) is 9.47 Å². The summed E-state index contributed by atoms with van der Waals surface area (Å²) in [5.41, 5.74) is 1.96. The second-order valence-corrected chi connectivity index (χ2v) is 9.18. The van der Waals surface area contributed by atoms with Crippen LogP contribution < -0.4 is 14.2 Å². The van der Waals surface area contributed by atoms with Gasteiger partial charge in [-0.25, -0.2) is 13.1 Å². The summed E-state index contributed by atoms with van der Waals surface area (Å²) in [5, 5.41) is 0. The van der Waals surface area contributed by atoms with Crippen LogP contribution in [0.2, 0.25) is 0 Å². The van der Waals surface area contributed by atoms with E-state index in [0.29, 0.717) is 17.7 Å². The molecule has 1 unspecified atom stereocenters. The second-order valence-electron chi connectivity index (χ2n) is 7.50. The van der Waals surface area contributed by atoms with Crippen LogP contribution in [-0.2, 0) is 10.0 Å². The van der Waals surface area contributed by atoms with Gasteiger partial charge in [-0.3, -0.25) is 0 Å². The van der Waals surface area contributed by atoms with Crippen LogP contribution in [0.4, 0.5) is 0 Å². The molecule has 1 atom stereocenters. The van der Waals surface area contributed by atoms with Gasteiger partial charge in [-0.1, -0.05) is 32.0 Å². The van der Waals surface area contributed by atoms with Crippen LogP contribution in [0, 0.1) is 13.8 Å². The average Bonchev–Trinajstić information content (AvgIpc) is 2.68. The smallest absolute Gasteiger partial charge is 0.241 e. The van der Waals surface area contributed by atoms with Crippen molar-refractivity contribution in [2.24, 2.45) is 0 Å². The summed E-state index contributed by atoms with van der Waals surface area (Å²) < 4.78 is 41.1. The molecule has 5 nitrogen and oxygen atoms in total. The number of rotatable bonds is 6. The van der Waals surface area contributed by atoms with Crippen molar-refractivity contribution in [2.75, 3.05) is 7.11 Å². The molecule has 1 N–H and O–H groups in total. The number of ether oxygens (including phenoxy) is 2. The summed E-state index contributed by atoms with van der Waals surface area (Å²) in [6.07, 6.45) is 2.23. The van der Waals surface area contributed by atoms with Crippen LogP contribution in [0.1, 0.15) is 55.8 Å². The molecule has 28 heavy (non-hydrogen) atoms. The monoisotopic (exact) mass is 403 g/mol. The summed E-state index contributed by atoms with van der Waals surface area (Å²) in [6.45, 7) is 7.80. The highest BCUT2D eigenvalue weighted by molar-refractivity contribution is 7.89. The number of aryl methyl sites for hydroxylation is 2. The van der Waals surface area contributed by atoms with Crippen molar-refractivity contribution in [3.05, 3.63) is 53.1 Å². The molecule has 0 fully saturated rings. The molecule has 1 heterocycles. The molecule has 1 aliphatic heterocycles. The lowest BCUT2D eigenvalue weighted by atomic mass is 9.84. The van der Waals surface area contributed by atoms with Crippen molar-refractivity contribution >= 4 is 10.0 Å². The standard InChI is InChI=1S/C22H29NO4S/c1-6-22(7-2)14-18(17-10-8-9-11-19(17)27-22)23-28(24,25)21-13-15(3)20(26-5)12-16(21)4/h8-13,18,23H,6-7,14H2,1-5H3. The quantitative estimate of drug-likeness (QED) is 0.761. The Balaban J connectivity index is 2.01. The van der Waals surface area contributed by atoms with Gasteiger partial charge in [-0.15, -0.1) is 0 Å². The highest BCUT2D eigenvalue weighted by Crippen LogP contribution is 2.43. The molecule has 2 aromatic carbocycles. The van der Waals surface area contributed by atoms with Crippen molar-refractivity contribution in [3.63, 3.8) is 0 Å². The molecule has 152 valence electrons. The number of para-hydroxylation sites is 1. The van der Waals surface area contributed by atoms with Crippen LogP contribution in [0.3, 0.4) is 0 Å². The van der Waals surface area contributed by atoms with Crippen molar-refractivity contribution in [1.29, 1.82) is 0 Å². The first kappa shape index (κ1) is 20.7. The zero-order chi connectivity index (χ0) is 20.5. The Morgan fingerprint density at radius 3 is 2.46 bits per heavy atom. The van der Waals surface area contributed by atoms with Crippen LogP contribution in [0.25, 0.3) is 0 Å². The third-order valence-electron chi connectivity index (χ3n) is 5.77. The molecule has 2 aromatic rings. The Morgan fingerprint density at radius 2 is 1.82 bits per heavy atom. The van der Waals surface area contributed by atoms with Gasteiger partial charge in [0.15, 0.2) is 0 Å². The lowest BCUT2D eigenvalue weighted by Gasteiger charge is -2.41. The van der Waals surface area contributed by atoms with Gasteiger partial charge in [0.05, 0.1) is 18.0 Å². The van der Waals surface area contributed by atoms with Gasteiger partial charge in [-0.2, -0.15) is 0 Å². The van der Waals surface area contributed by atoms with Gasteiger partial charge in [0.25, 0.3) is 0 Å². The maximum atomic E-state index is 13.3. The fourth-order valence-corrected chi connectivity index (χ4v) is 5.46. The van der Waals surface area contributed by atoms with Gasteiger partial charge in [0.2, 0.25) is 10.0 Å². The Bertz CT molecular complexity index is 964. The number of hydrogen-bond acceptors (Lipinski definition) is 4. The fourth-order valence-electron chi connectivity index (χ4n) is 3.93.